The fourth-order valence-corrected chi connectivity index (χ4v) is 1.95. The van der Waals surface area contributed by atoms with E-state index in [9.17, 15) is 13.2 Å². The Labute approximate surface area is 125 Å². The van der Waals surface area contributed by atoms with E-state index in [2.05, 4.69) is 5.10 Å². The summed E-state index contributed by atoms with van der Waals surface area (Å²) < 4.78 is 49.4. The molecule has 0 spiro atoms. The molecule has 0 saturated heterocycles. The number of hydrogen-bond donors (Lipinski definition) is 1. The van der Waals surface area contributed by atoms with Crippen LogP contribution in [-0.4, -0.2) is 24.0 Å². The number of aromatic nitrogens is 2. The van der Waals surface area contributed by atoms with E-state index < -0.39 is 17.7 Å². The highest BCUT2D eigenvalue weighted by Gasteiger charge is 2.31. The van der Waals surface area contributed by atoms with Gasteiger partial charge in [0.05, 0.1) is 11.3 Å². The van der Waals surface area contributed by atoms with Gasteiger partial charge in [-0.15, -0.1) is 0 Å². The minimum Gasteiger partial charge on any atom is -0.384 e. The van der Waals surface area contributed by atoms with Crippen molar-refractivity contribution in [2.45, 2.75) is 19.0 Å². The Balaban J connectivity index is 2.39. The molecule has 0 saturated carbocycles. The minimum atomic E-state index is -4.37. The van der Waals surface area contributed by atoms with Crippen molar-refractivity contribution in [1.82, 2.24) is 9.78 Å². The zero-order valence-corrected chi connectivity index (χ0v) is 12.3. The molecule has 2 aromatic rings. The van der Waals surface area contributed by atoms with E-state index in [0.717, 1.165) is 12.1 Å². The van der Waals surface area contributed by atoms with Gasteiger partial charge < -0.3 is 15.2 Å². The molecule has 1 aromatic carbocycles. The second-order valence-electron chi connectivity index (χ2n) is 4.75. The lowest BCUT2D eigenvalue weighted by molar-refractivity contribution is -0.259. The topological polar surface area (TPSA) is 62.3 Å². The molecule has 2 N–H and O–H groups in total. The van der Waals surface area contributed by atoms with Crippen molar-refractivity contribution in [3.63, 3.8) is 0 Å². The summed E-state index contributed by atoms with van der Waals surface area (Å²) >= 11 is 0. The van der Waals surface area contributed by atoms with E-state index in [1.54, 1.807) is 13.0 Å². The SMILES string of the molecule is COC(C)(OC)n1nc(-c2ccc(C(F)(F)F)cc2)cc1N. The van der Waals surface area contributed by atoms with Crippen LogP contribution >= 0.6 is 0 Å². The third-order valence-corrected chi connectivity index (χ3v) is 3.39. The number of halogens is 3. The highest BCUT2D eigenvalue weighted by molar-refractivity contribution is 5.62. The van der Waals surface area contributed by atoms with Gasteiger partial charge in [0.25, 0.3) is 5.91 Å². The van der Waals surface area contributed by atoms with E-state index >= 15 is 0 Å². The van der Waals surface area contributed by atoms with Crippen LogP contribution in [0.1, 0.15) is 12.5 Å². The largest absolute Gasteiger partial charge is 0.416 e. The smallest absolute Gasteiger partial charge is 0.384 e. The Morgan fingerprint density at radius 1 is 1.09 bits per heavy atom. The molecule has 0 fully saturated rings. The predicted molar refractivity (Wildman–Crippen MR) is 74.7 cm³/mol. The van der Waals surface area contributed by atoms with Crippen LogP contribution in [0.3, 0.4) is 0 Å². The molecule has 1 aromatic heterocycles. The number of ether oxygens (including phenoxy) is 2. The minimum absolute atomic E-state index is 0.265. The van der Waals surface area contributed by atoms with E-state index in [1.807, 2.05) is 0 Å². The molecule has 120 valence electrons. The number of anilines is 1. The zero-order valence-electron chi connectivity index (χ0n) is 12.3. The summed E-state index contributed by atoms with van der Waals surface area (Å²) in [7, 11) is 2.87. The maximum Gasteiger partial charge on any atom is 0.416 e. The maximum atomic E-state index is 12.6. The number of alkyl halides is 3. The monoisotopic (exact) mass is 315 g/mol. The lowest BCUT2D eigenvalue weighted by Crippen LogP contribution is -2.36. The van der Waals surface area contributed by atoms with Crippen LogP contribution in [0.4, 0.5) is 19.0 Å². The third-order valence-electron chi connectivity index (χ3n) is 3.39. The number of methoxy groups -OCH3 is 2. The first-order chi connectivity index (χ1) is 10.2. The first-order valence-electron chi connectivity index (χ1n) is 6.35. The number of nitrogens with two attached hydrogens (primary N) is 1. The highest BCUT2D eigenvalue weighted by Crippen LogP contribution is 2.32. The molecule has 8 heteroatoms. The molecule has 22 heavy (non-hydrogen) atoms. The molecule has 5 nitrogen and oxygen atoms in total. The Kier molecular flexibility index (Phi) is 4.17. The van der Waals surface area contributed by atoms with Gasteiger partial charge in [0.2, 0.25) is 0 Å². The lowest BCUT2D eigenvalue weighted by atomic mass is 10.1. The van der Waals surface area contributed by atoms with Gasteiger partial charge in [-0.3, -0.25) is 0 Å². The van der Waals surface area contributed by atoms with E-state index in [1.165, 1.54) is 31.0 Å². The fourth-order valence-electron chi connectivity index (χ4n) is 1.95. The molecule has 0 aliphatic rings. The molecule has 0 atom stereocenters. The van der Waals surface area contributed by atoms with Crippen LogP contribution in [0.2, 0.25) is 0 Å². The molecule has 0 bridgehead atoms. The standard InChI is InChI=1S/C14H16F3N3O2/c1-13(21-2,22-3)20-12(18)8-11(19-20)9-4-6-10(7-5-9)14(15,16)17/h4-8H,18H2,1-3H3. The van der Waals surface area contributed by atoms with E-state index in [-0.39, 0.29) is 5.82 Å². The first kappa shape index (κ1) is 16.3. The van der Waals surface area contributed by atoms with E-state index in [0.29, 0.717) is 11.3 Å². The molecule has 0 aliphatic carbocycles. The van der Waals surface area contributed by atoms with Gasteiger partial charge in [0.1, 0.15) is 5.82 Å². The number of benzene rings is 1. The summed E-state index contributed by atoms with van der Waals surface area (Å²) in [5.74, 6) is -0.935. The summed E-state index contributed by atoms with van der Waals surface area (Å²) in [5, 5.41) is 4.25. The Bertz CT molecular complexity index is 646. The molecule has 1 heterocycles. The highest BCUT2D eigenvalue weighted by atomic mass is 19.4. The molecule has 0 radical (unpaired) electrons. The van der Waals surface area contributed by atoms with Gasteiger partial charge in [-0.1, -0.05) is 12.1 Å². The van der Waals surface area contributed by atoms with Gasteiger partial charge in [-0.05, 0) is 12.1 Å². The summed E-state index contributed by atoms with van der Waals surface area (Å²) in [6.45, 7) is 1.62. The molecule has 2 rings (SSSR count). The molecule has 0 amide bonds. The van der Waals surface area contributed by atoms with Gasteiger partial charge in [0.15, 0.2) is 0 Å². The quantitative estimate of drug-likeness (QED) is 0.881. The Morgan fingerprint density at radius 3 is 2.09 bits per heavy atom. The van der Waals surface area contributed by atoms with Crippen LogP contribution in [0, 0.1) is 0 Å². The Morgan fingerprint density at radius 2 is 1.64 bits per heavy atom. The van der Waals surface area contributed by atoms with Crippen molar-refractivity contribution >= 4 is 5.82 Å². The normalized spacial score (nSPS) is 12.6. The van der Waals surface area contributed by atoms with Crippen LogP contribution in [0.15, 0.2) is 30.3 Å². The van der Waals surface area contributed by atoms with Crippen molar-refractivity contribution < 1.29 is 22.6 Å². The molecule has 0 unspecified atom stereocenters. The summed E-state index contributed by atoms with van der Waals surface area (Å²) in [6, 6.07) is 6.21. The number of nitrogen functional groups attached to an aromatic ring is 1. The average molecular weight is 315 g/mol. The third kappa shape index (κ3) is 2.93. The maximum absolute atomic E-state index is 12.6. The van der Waals surface area contributed by atoms with E-state index in [4.69, 9.17) is 15.2 Å². The zero-order chi connectivity index (χ0) is 16.5. The predicted octanol–water partition coefficient (Wildman–Crippen LogP) is 3.07. The van der Waals surface area contributed by atoms with Crippen LogP contribution in [-0.2, 0) is 21.6 Å². The Hall–Kier alpha value is -2.06. The van der Waals surface area contributed by atoms with Crippen molar-refractivity contribution in [2.75, 3.05) is 20.0 Å². The van der Waals surface area contributed by atoms with Crippen molar-refractivity contribution in [3.05, 3.63) is 35.9 Å². The second-order valence-corrected chi connectivity index (χ2v) is 4.75. The number of rotatable bonds is 4. The van der Waals surface area contributed by atoms with Gasteiger partial charge in [-0.25, -0.2) is 0 Å². The number of hydrogen-bond acceptors (Lipinski definition) is 4. The van der Waals surface area contributed by atoms with Gasteiger partial charge in [-0.2, -0.15) is 23.0 Å². The molecular formula is C14H16F3N3O2. The first-order valence-corrected chi connectivity index (χ1v) is 6.35. The van der Waals surface area contributed by atoms with Gasteiger partial charge in [0, 0.05) is 32.8 Å². The van der Waals surface area contributed by atoms with Crippen LogP contribution < -0.4 is 5.73 Å². The van der Waals surface area contributed by atoms with Crippen LogP contribution in [0.5, 0.6) is 0 Å². The summed E-state index contributed by atoms with van der Waals surface area (Å²) in [6.07, 6.45) is -4.37. The molecule has 0 aliphatic heterocycles. The summed E-state index contributed by atoms with van der Waals surface area (Å²) in [4.78, 5) is 0. The van der Waals surface area contributed by atoms with Gasteiger partial charge >= 0.3 is 6.18 Å². The fraction of sp³-hybridized carbons (Fsp3) is 0.357. The lowest BCUT2D eigenvalue weighted by Gasteiger charge is -2.27. The molecular weight excluding hydrogens is 299 g/mol. The van der Waals surface area contributed by atoms with Crippen molar-refractivity contribution in [1.29, 1.82) is 0 Å². The van der Waals surface area contributed by atoms with Crippen LogP contribution in [0.25, 0.3) is 11.3 Å². The van der Waals surface area contributed by atoms with Crippen molar-refractivity contribution in [3.8, 4) is 11.3 Å². The number of nitrogens with zero attached hydrogens (tertiary/aromatic N) is 2. The second kappa shape index (κ2) is 5.62. The summed E-state index contributed by atoms with van der Waals surface area (Å²) in [5.41, 5.74) is 6.09. The average Bonchev–Trinajstić information content (AvgIpc) is 2.88. The van der Waals surface area contributed by atoms with Crippen molar-refractivity contribution in [2.24, 2.45) is 0 Å².